The highest BCUT2D eigenvalue weighted by atomic mass is 35.5. The SMILES string of the molecule is CCCCc1ccc(C(=O)CCC(=O)Nc2cc(N)ccc2C)cc1.Cl. The molecule has 1 amide bonds. The molecule has 0 aliphatic rings. The van der Waals surface area contributed by atoms with Crippen LogP contribution in [0.15, 0.2) is 42.5 Å². The maximum Gasteiger partial charge on any atom is 0.224 e. The molecular formula is C21H27ClN2O2. The van der Waals surface area contributed by atoms with E-state index in [9.17, 15) is 9.59 Å². The zero-order chi connectivity index (χ0) is 18.2. The van der Waals surface area contributed by atoms with Crippen LogP contribution in [0.4, 0.5) is 11.4 Å². The number of amides is 1. The first-order chi connectivity index (χ1) is 12.0. The third kappa shape index (κ3) is 6.52. The Morgan fingerprint density at radius 3 is 2.38 bits per heavy atom. The molecule has 2 rings (SSSR count). The number of Topliss-reactive ketones (excluding diaryl/α,β-unsaturated/α-hetero) is 1. The summed E-state index contributed by atoms with van der Waals surface area (Å²) in [5.41, 5.74) is 9.87. The van der Waals surface area contributed by atoms with Gasteiger partial charge in [0.15, 0.2) is 5.78 Å². The van der Waals surface area contributed by atoms with Crippen molar-refractivity contribution in [1.82, 2.24) is 0 Å². The number of rotatable bonds is 8. The van der Waals surface area contributed by atoms with Crippen LogP contribution in [-0.4, -0.2) is 11.7 Å². The fourth-order valence-electron chi connectivity index (χ4n) is 2.60. The topological polar surface area (TPSA) is 72.2 Å². The second kappa shape index (κ2) is 10.6. The molecule has 2 aromatic carbocycles. The van der Waals surface area contributed by atoms with Gasteiger partial charge in [0.05, 0.1) is 0 Å². The average Bonchev–Trinajstić information content (AvgIpc) is 2.61. The van der Waals surface area contributed by atoms with Crippen molar-refractivity contribution >= 4 is 35.5 Å². The number of ketones is 1. The van der Waals surface area contributed by atoms with Gasteiger partial charge in [-0.1, -0.05) is 43.7 Å². The zero-order valence-electron chi connectivity index (χ0n) is 15.4. The van der Waals surface area contributed by atoms with Crippen LogP contribution in [-0.2, 0) is 11.2 Å². The number of halogens is 1. The minimum atomic E-state index is -0.179. The highest BCUT2D eigenvalue weighted by Crippen LogP contribution is 2.18. The molecule has 0 saturated heterocycles. The Balaban J connectivity index is 0.00000338. The Morgan fingerprint density at radius 1 is 1.04 bits per heavy atom. The molecule has 3 N–H and O–H groups in total. The lowest BCUT2D eigenvalue weighted by atomic mass is 10.0. The lowest BCUT2D eigenvalue weighted by Crippen LogP contribution is -2.14. The zero-order valence-corrected chi connectivity index (χ0v) is 16.2. The monoisotopic (exact) mass is 374 g/mol. The highest BCUT2D eigenvalue weighted by Gasteiger charge is 2.11. The third-order valence-corrected chi connectivity index (χ3v) is 4.21. The van der Waals surface area contributed by atoms with Crippen molar-refractivity contribution in [3.8, 4) is 0 Å². The van der Waals surface area contributed by atoms with Gasteiger partial charge in [-0.3, -0.25) is 9.59 Å². The fraction of sp³-hybridized carbons (Fsp3) is 0.333. The van der Waals surface area contributed by atoms with E-state index in [1.165, 1.54) is 5.56 Å². The van der Waals surface area contributed by atoms with E-state index in [2.05, 4.69) is 12.2 Å². The van der Waals surface area contributed by atoms with Gasteiger partial charge in [0.1, 0.15) is 0 Å². The number of carbonyl (C=O) groups is 2. The minimum absolute atomic E-state index is 0. The average molecular weight is 375 g/mol. The fourth-order valence-corrected chi connectivity index (χ4v) is 2.60. The summed E-state index contributed by atoms with van der Waals surface area (Å²) in [7, 11) is 0. The number of carbonyl (C=O) groups excluding carboxylic acids is 2. The van der Waals surface area contributed by atoms with Gasteiger partial charge in [0.2, 0.25) is 5.91 Å². The molecule has 0 saturated carbocycles. The van der Waals surface area contributed by atoms with Gasteiger partial charge in [-0.15, -0.1) is 12.4 Å². The molecule has 0 aliphatic carbocycles. The summed E-state index contributed by atoms with van der Waals surface area (Å²) in [6.45, 7) is 4.06. The van der Waals surface area contributed by atoms with Crippen molar-refractivity contribution in [3.05, 3.63) is 59.2 Å². The molecule has 0 radical (unpaired) electrons. The number of nitrogens with two attached hydrogens (primary N) is 1. The molecule has 0 atom stereocenters. The van der Waals surface area contributed by atoms with E-state index in [-0.39, 0.29) is 36.9 Å². The van der Waals surface area contributed by atoms with Gasteiger partial charge in [-0.25, -0.2) is 0 Å². The second-order valence-corrected chi connectivity index (χ2v) is 6.35. The van der Waals surface area contributed by atoms with Crippen LogP contribution in [0.2, 0.25) is 0 Å². The normalized spacial score (nSPS) is 10.1. The van der Waals surface area contributed by atoms with Crippen LogP contribution in [0, 0.1) is 6.92 Å². The van der Waals surface area contributed by atoms with Crippen LogP contribution in [0.25, 0.3) is 0 Å². The first-order valence-electron chi connectivity index (χ1n) is 8.77. The van der Waals surface area contributed by atoms with Crippen molar-refractivity contribution in [2.45, 2.75) is 46.0 Å². The smallest absolute Gasteiger partial charge is 0.224 e. The van der Waals surface area contributed by atoms with Gasteiger partial charge < -0.3 is 11.1 Å². The van der Waals surface area contributed by atoms with Crippen LogP contribution in [0.3, 0.4) is 0 Å². The molecule has 0 unspecified atom stereocenters. The number of unbranched alkanes of at least 4 members (excludes halogenated alkanes) is 1. The number of hydrogen-bond donors (Lipinski definition) is 2. The van der Waals surface area contributed by atoms with Crippen LogP contribution in [0.5, 0.6) is 0 Å². The van der Waals surface area contributed by atoms with E-state index < -0.39 is 0 Å². The maximum atomic E-state index is 12.2. The molecule has 2 aromatic rings. The van der Waals surface area contributed by atoms with E-state index in [0.29, 0.717) is 16.9 Å². The van der Waals surface area contributed by atoms with Crippen LogP contribution < -0.4 is 11.1 Å². The van der Waals surface area contributed by atoms with Gasteiger partial charge in [0, 0.05) is 29.8 Å². The Bertz CT molecular complexity index is 742. The molecule has 26 heavy (non-hydrogen) atoms. The summed E-state index contributed by atoms with van der Waals surface area (Å²) < 4.78 is 0. The summed E-state index contributed by atoms with van der Waals surface area (Å²) in [4.78, 5) is 24.3. The lowest BCUT2D eigenvalue weighted by Gasteiger charge is -2.09. The lowest BCUT2D eigenvalue weighted by molar-refractivity contribution is -0.116. The summed E-state index contributed by atoms with van der Waals surface area (Å²) >= 11 is 0. The number of nitrogens with one attached hydrogen (secondary N) is 1. The van der Waals surface area contributed by atoms with Crippen LogP contribution in [0.1, 0.15) is 54.1 Å². The molecule has 140 valence electrons. The number of benzene rings is 2. The minimum Gasteiger partial charge on any atom is -0.399 e. The molecule has 0 aliphatic heterocycles. The Hall–Kier alpha value is -2.33. The molecule has 4 nitrogen and oxygen atoms in total. The number of hydrogen-bond acceptors (Lipinski definition) is 3. The van der Waals surface area contributed by atoms with Crippen molar-refractivity contribution in [3.63, 3.8) is 0 Å². The maximum absolute atomic E-state index is 12.2. The predicted octanol–water partition coefficient (Wildman–Crippen LogP) is 4.94. The molecule has 0 fully saturated rings. The first-order valence-corrected chi connectivity index (χ1v) is 8.77. The quantitative estimate of drug-likeness (QED) is 0.507. The summed E-state index contributed by atoms with van der Waals surface area (Å²) in [5, 5.41) is 2.82. The molecule has 0 aromatic heterocycles. The number of anilines is 2. The Morgan fingerprint density at radius 2 is 1.73 bits per heavy atom. The third-order valence-electron chi connectivity index (χ3n) is 4.21. The highest BCUT2D eigenvalue weighted by molar-refractivity contribution is 6.00. The Labute approximate surface area is 161 Å². The molecule has 5 heteroatoms. The number of aryl methyl sites for hydroxylation is 2. The standard InChI is InChI=1S/C21H26N2O2.ClH/c1-3-4-5-16-7-9-17(10-8-16)20(24)12-13-21(25)23-19-14-18(22)11-6-15(19)2;/h6-11,14H,3-5,12-13,22H2,1-2H3,(H,23,25);1H. The van der Waals surface area contributed by atoms with E-state index in [1.54, 1.807) is 12.1 Å². The van der Waals surface area contributed by atoms with Crippen LogP contribution >= 0.6 is 12.4 Å². The summed E-state index contributed by atoms with van der Waals surface area (Å²) in [6.07, 6.45) is 3.69. The summed E-state index contributed by atoms with van der Waals surface area (Å²) in [5.74, 6) is -0.192. The van der Waals surface area contributed by atoms with E-state index in [4.69, 9.17) is 5.73 Å². The number of nitrogen functional groups attached to an aromatic ring is 1. The molecule has 0 heterocycles. The van der Waals surface area contributed by atoms with E-state index in [0.717, 1.165) is 24.8 Å². The largest absolute Gasteiger partial charge is 0.399 e. The van der Waals surface area contributed by atoms with Crippen molar-refractivity contribution in [1.29, 1.82) is 0 Å². The molecule has 0 bridgehead atoms. The van der Waals surface area contributed by atoms with Crippen molar-refractivity contribution < 1.29 is 9.59 Å². The van der Waals surface area contributed by atoms with Gasteiger partial charge >= 0.3 is 0 Å². The van der Waals surface area contributed by atoms with Crippen molar-refractivity contribution in [2.24, 2.45) is 0 Å². The van der Waals surface area contributed by atoms with Crippen molar-refractivity contribution in [2.75, 3.05) is 11.1 Å². The predicted molar refractivity (Wildman–Crippen MR) is 110 cm³/mol. The van der Waals surface area contributed by atoms with E-state index >= 15 is 0 Å². The Kier molecular flexibility index (Phi) is 8.86. The van der Waals surface area contributed by atoms with Gasteiger partial charge in [-0.05, 0) is 43.0 Å². The second-order valence-electron chi connectivity index (χ2n) is 6.35. The summed E-state index contributed by atoms with van der Waals surface area (Å²) in [6, 6.07) is 13.1. The van der Waals surface area contributed by atoms with Gasteiger partial charge in [0.25, 0.3) is 0 Å². The molecular weight excluding hydrogens is 348 g/mol. The van der Waals surface area contributed by atoms with Gasteiger partial charge in [-0.2, -0.15) is 0 Å². The van der Waals surface area contributed by atoms with E-state index in [1.807, 2.05) is 37.3 Å². The molecule has 0 spiro atoms. The first kappa shape index (κ1) is 21.7.